The number of aryl methyl sites for hydroxylation is 1. The van der Waals surface area contributed by atoms with Crippen LogP contribution in [0.4, 0.5) is 11.4 Å². The first-order chi connectivity index (χ1) is 12.4. The van der Waals surface area contributed by atoms with Crippen LogP contribution in [0.3, 0.4) is 0 Å². The molecule has 0 unspecified atom stereocenters. The molecule has 3 aromatic rings. The third kappa shape index (κ3) is 4.29. The van der Waals surface area contributed by atoms with Gasteiger partial charge in [0.25, 0.3) is 15.9 Å². The van der Waals surface area contributed by atoms with Crippen LogP contribution < -0.4 is 10.0 Å². The highest BCUT2D eigenvalue weighted by Crippen LogP contribution is 2.18. The van der Waals surface area contributed by atoms with E-state index in [1.165, 1.54) is 6.07 Å². The number of sulfonamides is 1. The Labute approximate surface area is 152 Å². The molecule has 2 N–H and O–H groups in total. The standard InChI is InChI=1S/C20H18N2O3S/c1-15-10-12-19(13-11-15)26(24,25)22-18-9-5-6-16(14-18)20(23)21-17-7-3-2-4-8-17/h2-14,22H,1H3,(H,21,23). The van der Waals surface area contributed by atoms with Gasteiger partial charge in [0, 0.05) is 16.9 Å². The number of para-hydroxylation sites is 1. The molecule has 0 aliphatic rings. The molecule has 26 heavy (non-hydrogen) atoms. The molecule has 0 aliphatic heterocycles. The van der Waals surface area contributed by atoms with E-state index >= 15 is 0 Å². The van der Waals surface area contributed by atoms with Crippen molar-refractivity contribution in [3.8, 4) is 0 Å². The van der Waals surface area contributed by atoms with Gasteiger partial charge in [0.1, 0.15) is 0 Å². The van der Waals surface area contributed by atoms with Gasteiger partial charge in [0.05, 0.1) is 4.90 Å². The molecule has 0 aliphatic carbocycles. The van der Waals surface area contributed by atoms with Crippen molar-refractivity contribution >= 4 is 27.3 Å². The smallest absolute Gasteiger partial charge is 0.261 e. The third-order valence-electron chi connectivity index (χ3n) is 3.74. The number of amides is 1. The molecule has 0 atom stereocenters. The number of nitrogens with one attached hydrogen (secondary N) is 2. The van der Waals surface area contributed by atoms with E-state index in [2.05, 4.69) is 10.0 Å². The lowest BCUT2D eigenvalue weighted by atomic mass is 10.2. The fourth-order valence-corrected chi connectivity index (χ4v) is 3.43. The molecule has 132 valence electrons. The van der Waals surface area contributed by atoms with E-state index in [1.54, 1.807) is 54.6 Å². The van der Waals surface area contributed by atoms with E-state index in [0.717, 1.165) is 5.56 Å². The summed E-state index contributed by atoms with van der Waals surface area (Å²) < 4.78 is 27.5. The maximum Gasteiger partial charge on any atom is 0.261 e. The Morgan fingerprint density at radius 2 is 1.46 bits per heavy atom. The van der Waals surface area contributed by atoms with Gasteiger partial charge in [-0.05, 0) is 49.4 Å². The Morgan fingerprint density at radius 3 is 2.15 bits per heavy atom. The highest BCUT2D eigenvalue weighted by molar-refractivity contribution is 7.92. The molecule has 0 saturated carbocycles. The molecule has 3 aromatic carbocycles. The van der Waals surface area contributed by atoms with E-state index < -0.39 is 10.0 Å². The Hall–Kier alpha value is -3.12. The Bertz CT molecular complexity index is 1010. The average Bonchev–Trinajstić information content (AvgIpc) is 2.63. The zero-order chi connectivity index (χ0) is 18.6. The van der Waals surface area contributed by atoms with E-state index in [1.807, 2.05) is 25.1 Å². The molecular weight excluding hydrogens is 348 g/mol. The first-order valence-corrected chi connectivity index (χ1v) is 9.48. The second-order valence-corrected chi connectivity index (χ2v) is 7.50. The molecule has 6 heteroatoms. The van der Waals surface area contributed by atoms with Crippen LogP contribution in [0.15, 0.2) is 83.8 Å². The van der Waals surface area contributed by atoms with E-state index in [9.17, 15) is 13.2 Å². The quantitative estimate of drug-likeness (QED) is 0.715. The molecule has 3 rings (SSSR count). The van der Waals surface area contributed by atoms with Crippen molar-refractivity contribution < 1.29 is 13.2 Å². The molecule has 0 fully saturated rings. The number of hydrogen-bond acceptors (Lipinski definition) is 3. The lowest BCUT2D eigenvalue weighted by molar-refractivity contribution is 0.102. The summed E-state index contributed by atoms with van der Waals surface area (Å²) in [7, 11) is -3.71. The topological polar surface area (TPSA) is 75.3 Å². The zero-order valence-electron chi connectivity index (χ0n) is 14.1. The number of anilines is 2. The van der Waals surface area contributed by atoms with Gasteiger partial charge in [-0.2, -0.15) is 0 Å². The van der Waals surface area contributed by atoms with Crippen LogP contribution in [-0.2, 0) is 10.0 Å². The average molecular weight is 366 g/mol. The Kier molecular flexibility index (Phi) is 5.04. The van der Waals surface area contributed by atoms with Gasteiger partial charge in [-0.15, -0.1) is 0 Å². The van der Waals surface area contributed by atoms with Crippen molar-refractivity contribution in [2.45, 2.75) is 11.8 Å². The van der Waals surface area contributed by atoms with Gasteiger partial charge in [0.15, 0.2) is 0 Å². The predicted molar refractivity (Wildman–Crippen MR) is 103 cm³/mol. The minimum atomic E-state index is -3.71. The van der Waals surface area contributed by atoms with E-state index in [-0.39, 0.29) is 10.8 Å². The summed E-state index contributed by atoms with van der Waals surface area (Å²) in [4.78, 5) is 12.5. The summed E-state index contributed by atoms with van der Waals surface area (Å²) >= 11 is 0. The summed E-state index contributed by atoms with van der Waals surface area (Å²) in [6.45, 7) is 1.89. The van der Waals surface area contributed by atoms with Crippen molar-refractivity contribution in [1.82, 2.24) is 0 Å². The molecule has 0 saturated heterocycles. The molecule has 5 nitrogen and oxygen atoms in total. The first kappa shape index (κ1) is 17.7. The molecule has 0 radical (unpaired) electrons. The minimum Gasteiger partial charge on any atom is -0.322 e. The van der Waals surface area contributed by atoms with Gasteiger partial charge in [-0.3, -0.25) is 9.52 Å². The summed E-state index contributed by atoms with van der Waals surface area (Å²) in [6, 6.07) is 22.0. The van der Waals surface area contributed by atoms with Crippen molar-refractivity contribution in [2.24, 2.45) is 0 Å². The normalized spacial score (nSPS) is 11.0. The maximum absolute atomic E-state index is 12.5. The molecule has 0 aromatic heterocycles. The Morgan fingerprint density at radius 1 is 0.808 bits per heavy atom. The van der Waals surface area contributed by atoms with Crippen molar-refractivity contribution in [3.05, 3.63) is 90.0 Å². The molecule has 0 spiro atoms. The number of carbonyl (C=O) groups excluding carboxylic acids is 1. The highest BCUT2D eigenvalue weighted by atomic mass is 32.2. The second kappa shape index (κ2) is 7.41. The fraction of sp³-hybridized carbons (Fsp3) is 0.0500. The van der Waals surface area contributed by atoms with E-state index in [4.69, 9.17) is 0 Å². The summed E-state index contributed by atoms with van der Waals surface area (Å²) in [5, 5.41) is 2.77. The number of carbonyl (C=O) groups is 1. The third-order valence-corrected chi connectivity index (χ3v) is 5.14. The number of rotatable bonds is 5. The zero-order valence-corrected chi connectivity index (χ0v) is 15.0. The van der Waals surface area contributed by atoms with Gasteiger partial charge in [-0.25, -0.2) is 8.42 Å². The van der Waals surface area contributed by atoms with Crippen LogP contribution in [0, 0.1) is 6.92 Å². The van der Waals surface area contributed by atoms with Gasteiger partial charge < -0.3 is 5.32 Å². The predicted octanol–water partition coefficient (Wildman–Crippen LogP) is 4.05. The first-order valence-electron chi connectivity index (χ1n) is 8.00. The van der Waals surface area contributed by atoms with Gasteiger partial charge >= 0.3 is 0 Å². The summed E-state index contributed by atoms with van der Waals surface area (Å²) in [5.74, 6) is -0.312. The monoisotopic (exact) mass is 366 g/mol. The van der Waals surface area contributed by atoms with Crippen LogP contribution in [0.1, 0.15) is 15.9 Å². The van der Waals surface area contributed by atoms with Crippen LogP contribution in [-0.4, -0.2) is 14.3 Å². The maximum atomic E-state index is 12.5. The lowest BCUT2D eigenvalue weighted by Gasteiger charge is -2.10. The van der Waals surface area contributed by atoms with Crippen molar-refractivity contribution in [1.29, 1.82) is 0 Å². The summed E-state index contributed by atoms with van der Waals surface area (Å²) in [5.41, 5.74) is 2.33. The van der Waals surface area contributed by atoms with Gasteiger partial charge in [-0.1, -0.05) is 42.0 Å². The fourth-order valence-electron chi connectivity index (χ4n) is 2.38. The largest absolute Gasteiger partial charge is 0.322 e. The highest BCUT2D eigenvalue weighted by Gasteiger charge is 2.15. The lowest BCUT2D eigenvalue weighted by Crippen LogP contribution is -2.15. The van der Waals surface area contributed by atoms with E-state index in [0.29, 0.717) is 16.9 Å². The molecule has 0 bridgehead atoms. The minimum absolute atomic E-state index is 0.169. The van der Waals surface area contributed by atoms with Gasteiger partial charge in [0.2, 0.25) is 0 Å². The van der Waals surface area contributed by atoms with Crippen LogP contribution in [0.5, 0.6) is 0 Å². The van der Waals surface area contributed by atoms with Crippen LogP contribution >= 0.6 is 0 Å². The number of benzene rings is 3. The molecule has 1 amide bonds. The Balaban J connectivity index is 1.78. The van der Waals surface area contributed by atoms with Crippen molar-refractivity contribution in [2.75, 3.05) is 10.0 Å². The SMILES string of the molecule is Cc1ccc(S(=O)(=O)Nc2cccc(C(=O)Nc3ccccc3)c2)cc1. The van der Waals surface area contributed by atoms with Crippen LogP contribution in [0.25, 0.3) is 0 Å². The van der Waals surface area contributed by atoms with Crippen molar-refractivity contribution in [3.63, 3.8) is 0 Å². The molecular formula is C20H18N2O3S. The second-order valence-electron chi connectivity index (χ2n) is 5.82. The summed E-state index contributed by atoms with van der Waals surface area (Å²) in [6.07, 6.45) is 0. The molecule has 0 heterocycles. The number of hydrogen-bond donors (Lipinski definition) is 2. The van der Waals surface area contributed by atoms with Crippen LogP contribution in [0.2, 0.25) is 0 Å².